The molecule has 6 nitrogen and oxygen atoms in total. The fraction of sp³-hybridized carbons (Fsp3) is 0.421. The molecule has 0 saturated carbocycles. The van der Waals surface area contributed by atoms with Gasteiger partial charge in [0.2, 0.25) is 5.91 Å². The predicted octanol–water partition coefficient (Wildman–Crippen LogP) is 3.19. The molecule has 3 rings (SSSR count). The van der Waals surface area contributed by atoms with Crippen molar-refractivity contribution < 1.29 is 9.53 Å². The molecule has 2 aromatic rings. The minimum Gasteiger partial charge on any atom is -0.495 e. The summed E-state index contributed by atoms with van der Waals surface area (Å²) in [5.74, 6) is 1.15. The maximum atomic E-state index is 12.5. The number of nitrogens with one attached hydrogen (secondary N) is 1. The lowest BCUT2D eigenvalue weighted by atomic mass is 10.1. The summed E-state index contributed by atoms with van der Waals surface area (Å²) in [6, 6.07) is 7.04. The molecule has 1 amide bonds. The van der Waals surface area contributed by atoms with E-state index < -0.39 is 0 Å². The maximum absolute atomic E-state index is 12.5. The minimum atomic E-state index is -0.179. The van der Waals surface area contributed by atoms with E-state index in [1.807, 2.05) is 25.1 Å². The second-order valence-electron chi connectivity index (χ2n) is 6.41. The molecule has 0 aliphatic carbocycles. The molecular weight excluding hydrogens is 350 g/mol. The topological polar surface area (TPSA) is 73.2 Å². The van der Waals surface area contributed by atoms with Crippen LogP contribution in [0.5, 0.6) is 5.75 Å². The van der Waals surface area contributed by atoms with E-state index in [1.54, 1.807) is 17.7 Å². The molecule has 1 aliphatic heterocycles. The summed E-state index contributed by atoms with van der Waals surface area (Å²) in [6.07, 6.45) is 1.97. The number of ether oxygens (including phenoxy) is 1. The van der Waals surface area contributed by atoms with Gasteiger partial charge in [0.05, 0.1) is 18.8 Å². The van der Waals surface area contributed by atoms with Crippen molar-refractivity contribution >= 4 is 23.4 Å². The van der Waals surface area contributed by atoms with Crippen LogP contribution in [0.2, 0.25) is 0 Å². The first-order valence-corrected chi connectivity index (χ1v) is 9.70. The number of rotatable bonds is 6. The first-order valence-electron chi connectivity index (χ1n) is 8.71. The Kier molecular flexibility index (Phi) is 5.66. The quantitative estimate of drug-likeness (QED) is 0.787. The molecule has 7 heteroatoms. The minimum absolute atomic E-state index is 0.0746. The zero-order chi connectivity index (χ0) is 18.7. The van der Waals surface area contributed by atoms with Gasteiger partial charge in [0.1, 0.15) is 5.75 Å². The van der Waals surface area contributed by atoms with E-state index in [9.17, 15) is 9.59 Å². The molecule has 138 valence electrons. The van der Waals surface area contributed by atoms with Gasteiger partial charge in [-0.05, 0) is 31.0 Å². The summed E-state index contributed by atoms with van der Waals surface area (Å²) >= 11 is 1.54. The Balaban J connectivity index is 1.75. The lowest BCUT2D eigenvalue weighted by Gasteiger charge is -2.15. The number of aromatic nitrogens is 2. The van der Waals surface area contributed by atoms with Gasteiger partial charge in [-0.2, -0.15) is 0 Å². The average molecular weight is 373 g/mol. The average Bonchev–Trinajstić information content (AvgIpc) is 2.98. The van der Waals surface area contributed by atoms with Crippen molar-refractivity contribution in [2.45, 2.75) is 44.3 Å². The second-order valence-corrected chi connectivity index (χ2v) is 7.40. The highest BCUT2D eigenvalue weighted by atomic mass is 32.2. The zero-order valence-corrected chi connectivity index (χ0v) is 16.1. The van der Waals surface area contributed by atoms with E-state index in [-0.39, 0.29) is 23.9 Å². The van der Waals surface area contributed by atoms with Crippen LogP contribution in [0.1, 0.15) is 37.1 Å². The number of carbonyl (C=O) groups excluding carboxylic acids is 1. The van der Waals surface area contributed by atoms with E-state index in [2.05, 4.69) is 17.2 Å². The molecule has 1 aromatic heterocycles. The molecule has 26 heavy (non-hydrogen) atoms. The lowest BCUT2D eigenvalue weighted by molar-refractivity contribution is -0.116. The van der Waals surface area contributed by atoms with Crippen molar-refractivity contribution in [1.29, 1.82) is 0 Å². The fourth-order valence-electron chi connectivity index (χ4n) is 3.07. The molecule has 0 fully saturated rings. The molecule has 1 N–H and O–H groups in total. The number of carbonyl (C=O) groups is 1. The molecule has 0 radical (unpaired) electrons. The van der Waals surface area contributed by atoms with Gasteiger partial charge >= 0.3 is 0 Å². The standard InChI is InChI=1S/C19H23N3O3S/c1-4-5-13-9-18(24)22-14(11-26-19(22)20-13)10-17(23)21-15-8-12(2)6-7-16(15)25-3/h6-9,14H,4-5,10-11H2,1-3H3,(H,21,23). The third kappa shape index (κ3) is 3.93. The Bertz CT molecular complexity index is 879. The monoisotopic (exact) mass is 373 g/mol. The van der Waals surface area contributed by atoms with Crippen molar-refractivity contribution in [2.75, 3.05) is 18.2 Å². The van der Waals surface area contributed by atoms with E-state index in [0.717, 1.165) is 24.1 Å². The number of hydrogen-bond acceptors (Lipinski definition) is 5. The highest BCUT2D eigenvalue weighted by Gasteiger charge is 2.27. The first-order chi connectivity index (χ1) is 12.5. The van der Waals surface area contributed by atoms with Gasteiger partial charge in [0, 0.05) is 23.9 Å². The van der Waals surface area contributed by atoms with Gasteiger partial charge in [-0.25, -0.2) is 4.98 Å². The smallest absolute Gasteiger partial charge is 0.254 e. The van der Waals surface area contributed by atoms with Crippen LogP contribution in [0.15, 0.2) is 34.2 Å². The number of benzene rings is 1. The molecule has 0 spiro atoms. The van der Waals surface area contributed by atoms with Crippen LogP contribution in [0, 0.1) is 6.92 Å². The number of methoxy groups -OCH3 is 1. The summed E-state index contributed by atoms with van der Waals surface area (Å²) in [5.41, 5.74) is 2.43. The summed E-state index contributed by atoms with van der Waals surface area (Å²) in [6.45, 7) is 4.02. The van der Waals surface area contributed by atoms with Gasteiger partial charge in [-0.15, -0.1) is 0 Å². The molecule has 1 unspecified atom stereocenters. The number of fused-ring (bicyclic) bond motifs is 1. The van der Waals surface area contributed by atoms with Gasteiger partial charge in [-0.3, -0.25) is 14.2 Å². The van der Waals surface area contributed by atoms with E-state index in [0.29, 0.717) is 22.3 Å². The van der Waals surface area contributed by atoms with Crippen LogP contribution in [-0.2, 0) is 11.2 Å². The van der Waals surface area contributed by atoms with E-state index in [1.165, 1.54) is 11.8 Å². The molecule has 1 atom stereocenters. The third-order valence-electron chi connectivity index (χ3n) is 4.30. The number of nitrogens with zero attached hydrogens (tertiary/aromatic N) is 2. The Morgan fingerprint density at radius 2 is 2.23 bits per heavy atom. The predicted molar refractivity (Wildman–Crippen MR) is 103 cm³/mol. The summed E-state index contributed by atoms with van der Waals surface area (Å²) in [4.78, 5) is 29.5. The van der Waals surface area contributed by atoms with Crippen molar-refractivity contribution in [1.82, 2.24) is 9.55 Å². The molecule has 0 saturated heterocycles. The van der Waals surface area contributed by atoms with Crippen LogP contribution in [0.25, 0.3) is 0 Å². The fourth-order valence-corrected chi connectivity index (χ4v) is 4.24. The Morgan fingerprint density at radius 1 is 1.42 bits per heavy atom. The first kappa shape index (κ1) is 18.5. The van der Waals surface area contributed by atoms with Gasteiger partial charge in [-0.1, -0.05) is 31.2 Å². The number of anilines is 1. The molecular formula is C19H23N3O3S. The highest BCUT2D eigenvalue weighted by Crippen LogP contribution is 2.33. The lowest BCUT2D eigenvalue weighted by Crippen LogP contribution is -2.27. The normalized spacial score (nSPS) is 15.6. The van der Waals surface area contributed by atoms with E-state index >= 15 is 0 Å². The molecule has 0 bridgehead atoms. The van der Waals surface area contributed by atoms with Gasteiger partial charge in [0.15, 0.2) is 5.16 Å². The highest BCUT2D eigenvalue weighted by molar-refractivity contribution is 7.99. The number of hydrogen-bond donors (Lipinski definition) is 1. The number of amides is 1. The van der Waals surface area contributed by atoms with E-state index in [4.69, 9.17) is 4.74 Å². The van der Waals surface area contributed by atoms with Crippen molar-refractivity contribution in [3.8, 4) is 5.75 Å². The Morgan fingerprint density at radius 3 is 2.96 bits per heavy atom. The Hall–Kier alpha value is -2.28. The van der Waals surface area contributed by atoms with Gasteiger partial charge < -0.3 is 10.1 Å². The van der Waals surface area contributed by atoms with Crippen molar-refractivity contribution in [3.05, 3.63) is 45.9 Å². The van der Waals surface area contributed by atoms with Crippen molar-refractivity contribution in [3.63, 3.8) is 0 Å². The summed E-state index contributed by atoms with van der Waals surface area (Å²) in [5, 5.41) is 3.62. The summed E-state index contributed by atoms with van der Waals surface area (Å²) < 4.78 is 6.95. The van der Waals surface area contributed by atoms with Crippen LogP contribution in [0.3, 0.4) is 0 Å². The molecule has 2 heterocycles. The second kappa shape index (κ2) is 7.95. The van der Waals surface area contributed by atoms with Crippen LogP contribution >= 0.6 is 11.8 Å². The maximum Gasteiger partial charge on any atom is 0.254 e. The van der Waals surface area contributed by atoms with Crippen LogP contribution < -0.4 is 15.6 Å². The molecule has 1 aliphatic rings. The molecule has 1 aromatic carbocycles. The largest absolute Gasteiger partial charge is 0.495 e. The SMILES string of the molecule is CCCc1cc(=O)n2c(n1)SCC2CC(=O)Nc1cc(C)ccc1OC. The van der Waals surface area contributed by atoms with Crippen molar-refractivity contribution in [2.24, 2.45) is 0 Å². The third-order valence-corrected chi connectivity index (χ3v) is 5.40. The van der Waals surface area contributed by atoms with Gasteiger partial charge in [0.25, 0.3) is 5.56 Å². The number of aryl methyl sites for hydroxylation is 2. The Labute approximate surface area is 157 Å². The van der Waals surface area contributed by atoms with Crippen LogP contribution in [0.4, 0.5) is 5.69 Å². The van der Waals surface area contributed by atoms with Crippen LogP contribution in [-0.4, -0.2) is 28.3 Å². The summed E-state index contributed by atoms with van der Waals surface area (Å²) in [7, 11) is 1.57. The number of thioether (sulfide) groups is 1. The zero-order valence-electron chi connectivity index (χ0n) is 15.2.